The summed E-state index contributed by atoms with van der Waals surface area (Å²) in [4.78, 5) is 37.0. The highest BCUT2D eigenvalue weighted by Gasteiger charge is 2.57. The number of rotatable bonds is 8. The average Bonchev–Trinajstić information content (AvgIpc) is 3.59. The van der Waals surface area contributed by atoms with E-state index in [4.69, 9.17) is 4.74 Å². The molecular formula is C25H29N5O3S. The number of methoxy groups -OCH3 is 1. The molecule has 3 amide bonds. The molecule has 0 saturated carbocycles. The van der Waals surface area contributed by atoms with Gasteiger partial charge in [0.2, 0.25) is 0 Å². The third-order valence-corrected chi connectivity index (χ3v) is 7.62. The molecule has 178 valence electrons. The molecule has 2 aliphatic rings. The first-order chi connectivity index (χ1) is 16.6. The summed E-state index contributed by atoms with van der Waals surface area (Å²) in [6.45, 7) is 3.31. The zero-order valence-electron chi connectivity index (χ0n) is 19.3. The number of urea groups is 1. The van der Waals surface area contributed by atoms with Gasteiger partial charge in [-0.1, -0.05) is 30.3 Å². The zero-order chi connectivity index (χ0) is 23.5. The van der Waals surface area contributed by atoms with Crippen molar-refractivity contribution in [3.63, 3.8) is 0 Å². The maximum Gasteiger partial charge on any atom is 0.328 e. The van der Waals surface area contributed by atoms with Gasteiger partial charge in [0.05, 0.1) is 13.2 Å². The van der Waals surface area contributed by atoms with Gasteiger partial charge in [-0.25, -0.2) is 9.78 Å². The molecule has 9 heteroatoms. The fourth-order valence-corrected chi connectivity index (χ4v) is 5.66. The van der Waals surface area contributed by atoms with E-state index in [2.05, 4.69) is 20.5 Å². The van der Waals surface area contributed by atoms with Crippen LogP contribution in [-0.2, 0) is 22.6 Å². The lowest BCUT2D eigenvalue weighted by atomic mass is 9.85. The predicted molar refractivity (Wildman–Crippen MR) is 130 cm³/mol. The molecule has 0 N–H and O–H groups in total. The van der Waals surface area contributed by atoms with Crippen LogP contribution in [0.15, 0.2) is 60.2 Å². The van der Waals surface area contributed by atoms with Crippen LogP contribution in [0.25, 0.3) is 5.13 Å². The third-order valence-electron chi connectivity index (χ3n) is 6.85. The Morgan fingerprint density at radius 1 is 1.06 bits per heavy atom. The van der Waals surface area contributed by atoms with Crippen molar-refractivity contribution in [2.24, 2.45) is 0 Å². The van der Waals surface area contributed by atoms with Gasteiger partial charge in [-0.2, -0.15) is 0 Å². The lowest BCUT2D eigenvalue weighted by Crippen LogP contribution is -2.56. The van der Waals surface area contributed by atoms with Crippen LogP contribution in [0.3, 0.4) is 0 Å². The molecule has 8 nitrogen and oxygen atoms in total. The van der Waals surface area contributed by atoms with Crippen LogP contribution in [0, 0.1) is 0 Å². The Morgan fingerprint density at radius 2 is 1.85 bits per heavy atom. The number of carbonyl (C=O) groups excluding carboxylic acids is 2. The Bertz CT molecular complexity index is 1120. The number of hydrogen-bond donors (Lipinski definition) is 0. The van der Waals surface area contributed by atoms with Gasteiger partial charge in [-0.15, -0.1) is 11.3 Å². The van der Waals surface area contributed by atoms with Crippen LogP contribution in [0.5, 0.6) is 0 Å². The molecular weight excluding hydrogens is 450 g/mol. The summed E-state index contributed by atoms with van der Waals surface area (Å²) in [6, 6.07) is 13.8. The second kappa shape index (κ2) is 9.69. The second-order valence-electron chi connectivity index (χ2n) is 8.80. The number of carbonyl (C=O) groups is 2. The van der Waals surface area contributed by atoms with Crippen molar-refractivity contribution in [2.45, 2.75) is 31.5 Å². The minimum absolute atomic E-state index is 0.0868. The van der Waals surface area contributed by atoms with E-state index >= 15 is 0 Å². The normalized spacial score (nSPS) is 18.4. The van der Waals surface area contributed by atoms with Gasteiger partial charge in [0.1, 0.15) is 5.54 Å². The number of ether oxygens (including phenoxy) is 1. The number of benzene rings is 1. The van der Waals surface area contributed by atoms with Crippen molar-refractivity contribution in [3.05, 3.63) is 71.5 Å². The molecule has 5 rings (SSSR count). The van der Waals surface area contributed by atoms with E-state index in [9.17, 15) is 9.59 Å². The smallest absolute Gasteiger partial charge is 0.328 e. The van der Waals surface area contributed by atoms with Gasteiger partial charge in [0.15, 0.2) is 5.13 Å². The molecule has 0 unspecified atom stereocenters. The summed E-state index contributed by atoms with van der Waals surface area (Å²) in [6.07, 6.45) is 5.08. The molecule has 0 aliphatic carbocycles. The van der Waals surface area contributed by atoms with Crippen LogP contribution in [0.4, 0.5) is 4.79 Å². The van der Waals surface area contributed by atoms with Crippen LogP contribution in [0.1, 0.15) is 24.1 Å². The van der Waals surface area contributed by atoms with E-state index in [-0.39, 0.29) is 18.5 Å². The molecule has 34 heavy (non-hydrogen) atoms. The van der Waals surface area contributed by atoms with Crippen molar-refractivity contribution in [1.29, 1.82) is 0 Å². The second-order valence-corrected chi connectivity index (χ2v) is 9.67. The van der Waals surface area contributed by atoms with Crippen LogP contribution in [-0.4, -0.2) is 75.1 Å². The van der Waals surface area contributed by atoms with Crippen LogP contribution in [0.2, 0.25) is 0 Å². The van der Waals surface area contributed by atoms with Crippen molar-refractivity contribution < 1.29 is 14.3 Å². The molecule has 2 fully saturated rings. The van der Waals surface area contributed by atoms with E-state index in [0.717, 1.165) is 30.3 Å². The summed E-state index contributed by atoms with van der Waals surface area (Å²) < 4.78 is 7.29. The molecule has 2 aromatic heterocycles. The fourth-order valence-electron chi connectivity index (χ4n) is 5.01. The predicted octanol–water partition coefficient (Wildman–Crippen LogP) is 3.38. The highest BCUT2D eigenvalue weighted by atomic mass is 32.1. The van der Waals surface area contributed by atoms with Crippen LogP contribution < -0.4 is 0 Å². The molecule has 4 heterocycles. The fraction of sp³-hybridized carbons (Fsp3) is 0.400. The number of thiazole rings is 1. The summed E-state index contributed by atoms with van der Waals surface area (Å²) in [5.41, 5.74) is 1.40. The van der Waals surface area contributed by atoms with Crippen molar-refractivity contribution >= 4 is 23.3 Å². The van der Waals surface area contributed by atoms with Crippen molar-refractivity contribution in [3.8, 4) is 5.13 Å². The van der Waals surface area contributed by atoms with Gasteiger partial charge in [0, 0.05) is 56.8 Å². The van der Waals surface area contributed by atoms with E-state index in [1.54, 1.807) is 23.3 Å². The Labute approximate surface area is 203 Å². The summed E-state index contributed by atoms with van der Waals surface area (Å²) in [7, 11) is 1.59. The van der Waals surface area contributed by atoms with Crippen molar-refractivity contribution in [1.82, 2.24) is 24.3 Å². The monoisotopic (exact) mass is 479 g/mol. The lowest BCUT2D eigenvalue weighted by Gasteiger charge is -2.42. The first-order valence-corrected chi connectivity index (χ1v) is 12.5. The molecule has 3 aromatic rings. The standard InChI is InChI=1S/C25H29N5O3S/c1-33-16-15-29-22(31)25(30(24(29)32)18-20-6-3-2-4-7-20)9-13-27(14-10-25)19-21-8-5-12-28(21)23-26-11-17-34-23/h2-8,11-12,17H,9-10,13-16,18-19H2,1H3. The average molecular weight is 480 g/mol. The molecule has 0 atom stereocenters. The van der Waals surface area contributed by atoms with E-state index < -0.39 is 5.54 Å². The SMILES string of the molecule is COCCN1C(=O)N(Cc2ccccc2)C2(CCN(Cc3cccn3-c3nccs3)CC2)C1=O. The van der Waals surface area contributed by atoms with E-state index in [0.29, 0.717) is 26.0 Å². The number of piperidine rings is 1. The number of amides is 3. The Morgan fingerprint density at radius 3 is 2.56 bits per heavy atom. The molecule has 0 radical (unpaired) electrons. The minimum Gasteiger partial charge on any atom is -0.383 e. The number of nitrogens with zero attached hydrogens (tertiary/aromatic N) is 5. The third kappa shape index (κ3) is 4.15. The largest absolute Gasteiger partial charge is 0.383 e. The summed E-state index contributed by atoms with van der Waals surface area (Å²) >= 11 is 1.61. The Hall–Kier alpha value is -3.01. The number of hydrogen-bond acceptors (Lipinski definition) is 6. The molecule has 2 aliphatic heterocycles. The lowest BCUT2D eigenvalue weighted by molar-refractivity contribution is -0.136. The maximum absolute atomic E-state index is 13.6. The highest BCUT2D eigenvalue weighted by molar-refractivity contribution is 7.12. The highest BCUT2D eigenvalue weighted by Crippen LogP contribution is 2.38. The minimum atomic E-state index is -0.797. The van der Waals surface area contributed by atoms with E-state index in [1.807, 2.05) is 54.2 Å². The first-order valence-electron chi connectivity index (χ1n) is 11.6. The number of likely N-dealkylation sites (tertiary alicyclic amines) is 1. The summed E-state index contributed by atoms with van der Waals surface area (Å²) in [5, 5.41) is 2.93. The van der Waals surface area contributed by atoms with Gasteiger partial charge >= 0.3 is 6.03 Å². The molecule has 0 bridgehead atoms. The molecule has 1 aromatic carbocycles. The van der Waals surface area contributed by atoms with Crippen molar-refractivity contribution in [2.75, 3.05) is 33.4 Å². The van der Waals surface area contributed by atoms with Gasteiger partial charge in [0.25, 0.3) is 5.91 Å². The van der Waals surface area contributed by atoms with Gasteiger partial charge < -0.3 is 9.64 Å². The maximum atomic E-state index is 13.6. The quantitative estimate of drug-likeness (QED) is 0.463. The summed E-state index contributed by atoms with van der Waals surface area (Å²) in [5.74, 6) is -0.0868. The van der Waals surface area contributed by atoms with Crippen LogP contribution >= 0.6 is 11.3 Å². The first kappa shape index (κ1) is 22.8. The molecule has 1 spiro atoms. The Kier molecular flexibility index (Phi) is 6.49. The zero-order valence-corrected chi connectivity index (χ0v) is 20.1. The molecule has 2 saturated heterocycles. The Balaban J connectivity index is 1.34. The number of imide groups is 1. The van der Waals surface area contributed by atoms with Gasteiger partial charge in [-0.05, 0) is 30.5 Å². The number of aromatic nitrogens is 2. The van der Waals surface area contributed by atoms with Gasteiger partial charge in [-0.3, -0.25) is 19.2 Å². The topological polar surface area (TPSA) is 70.9 Å². The van der Waals surface area contributed by atoms with E-state index in [1.165, 1.54) is 10.6 Å².